The fourth-order valence-corrected chi connectivity index (χ4v) is 3.42. The third-order valence-corrected chi connectivity index (χ3v) is 4.18. The van der Waals surface area contributed by atoms with E-state index < -0.39 is 0 Å². The second kappa shape index (κ2) is 4.25. The van der Waals surface area contributed by atoms with Crippen molar-refractivity contribution in [3.63, 3.8) is 0 Å². The first-order valence-electron chi connectivity index (χ1n) is 6.49. The van der Waals surface area contributed by atoms with Crippen molar-refractivity contribution in [3.05, 3.63) is 41.0 Å². The molecule has 1 aliphatic heterocycles. The van der Waals surface area contributed by atoms with Crippen molar-refractivity contribution in [1.29, 1.82) is 0 Å². The number of fused-ring (bicyclic) bond motifs is 3. The van der Waals surface area contributed by atoms with E-state index in [1.54, 1.807) is 0 Å². The molecule has 3 nitrogen and oxygen atoms in total. The number of nitrogens with one attached hydrogen (secondary N) is 1. The van der Waals surface area contributed by atoms with Gasteiger partial charge in [-0.15, -0.1) is 0 Å². The Morgan fingerprint density at radius 1 is 1.44 bits per heavy atom. The van der Waals surface area contributed by atoms with Crippen LogP contribution in [0.5, 0.6) is 0 Å². The lowest BCUT2D eigenvalue weighted by atomic mass is 9.82. The van der Waals surface area contributed by atoms with Gasteiger partial charge in [0.15, 0.2) is 0 Å². The zero-order valence-corrected chi connectivity index (χ0v) is 10.6. The molecule has 3 heteroatoms. The summed E-state index contributed by atoms with van der Waals surface area (Å²) in [5.41, 5.74) is 10.9. The summed E-state index contributed by atoms with van der Waals surface area (Å²) < 4.78 is 0. The van der Waals surface area contributed by atoms with Crippen LogP contribution >= 0.6 is 0 Å². The molecule has 1 fully saturated rings. The molecule has 1 aliphatic carbocycles. The highest BCUT2D eigenvalue weighted by Gasteiger charge is 2.37. The van der Waals surface area contributed by atoms with Crippen LogP contribution < -0.4 is 11.1 Å². The number of piperidine rings is 1. The quantitative estimate of drug-likeness (QED) is 0.830. The Morgan fingerprint density at radius 2 is 2.22 bits per heavy atom. The molecule has 2 atom stereocenters. The van der Waals surface area contributed by atoms with Crippen LogP contribution in [0.25, 0.3) is 5.57 Å². The molecule has 2 unspecified atom stereocenters. The number of primary amides is 1. The predicted molar refractivity (Wildman–Crippen MR) is 72.0 cm³/mol. The van der Waals surface area contributed by atoms with Crippen molar-refractivity contribution in [3.8, 4) is 0 Å². The third kappa shape index (κ3) is 1.66. The van der Waals surface area contributed by atoms with Gasteiger partial charge in [-0.2, -0.15) is 0 Å². The number of rotatable bonds is 2. The molecule has 1 amide bonds. The minimum absolute atomic E-state index is 0.157. The number of allylic oxidation sites excluding steroid dienone is 1. The van der Waals surface area contributed by atoms with E-state index in [1.165, 1.54) is 22.3 Å². The number of carbonyl (C=O) groups is 1. The van der Waals surface area contributed by atoms with Crippen LogP contribution in [0.3, 0.4) is 0 Å². The standard InChI is InChI=1S/C15H18N2O/c1-9-10-4-2-3-5-12(10)15-11(9)6-7-17-13(15)8-14(16)18/h2-5,13,15,17H,6-8H2,1H3,(H2,16,18). The van der Waals surface area contributed by atoms with E-state index in [9.17, 15) is 4.79 Å². The first-order chi connectivity index (χ1) is 8.68. The molecule has 1 aromatic carbocycles. The molecule has 0 aromatic heterocycles. The van der Waals surface area contributed by atoms with Gasteiger partial charge in [-0.05, 0) is 36.6 Å². The number of hydrogen-bond acceptors (Lipinski definition) is 2. The SMILES string of the molecule is CC1=C2CCNC(CC(N)=O)C2c2ccccc21. The van der Waals surface area contributed by atoms with E-state index in [0.29, 0.717) is 12.3 Å². The van der Waals surface area contributed by atoms with E-state index in [0.717, 1.165) is 13.0 Å². The summed E-state index contributed by atoms with van der Waals surface area (Å²) in [4.78, 5) is 11.2. The maximum Gasteiger partial charge on any atom is 0.219 e. The van der Waals surface area contributed by atoms with Crippen molar-refractivity contribution >= 4 is 11.5 Å². The van der Waals surface area contributed by atoms with Crippen molar-refractivity contribution in [2.45, 2.75) is 31.7 Å². The highest BCUT2D eigenvalue weighted by atomic mass is 16.1. The first kappa shape index (κ1) is 11.5. The highest BCUT2D eigenvalue weighted by molar-refractivity contribution is 5.79. The molecule has 1 saturated heterocycles. The first-order valence-corrected chi connectivity index (χ1v) is 6.49. The Morgan fingerprint density at radius 3 is 3.00 bits per heavy atom. The largest absolute Gasteiger partial charge is 0.370 e. The van der Waals surface area contributed by atoms with Gasteiger partial charge < -0.3 is 11.1 Å². The second-order valence-corrected chi connectivity index (χ2v) is 5.20. The minimum Gasteiger partial charge on any atom is -0.370 e. The molecule has 2 aliphatic rings. The van der Waals surface area contributed by atoms with Gasteiger partial charge in [0.2, 0.25) is 5.91 Å². The van der Waals surface area contributed by atoms with Gasteiger partial charge in [-0.1, -0.05) is 29.8 Å². The summed E-state index contributed by atoms with van der Waals surface area (Å²) in [6, 6.07) is 8.67. The fourth-order valence-electron chi connectivity index (χ4n) is 3.42. The topological polar surface area (TPSA) is 55.1 Å². The van der Waals surface area contributed by atoms with Crippen LogP contribution in [0, 0.1) is 0 Å². The third-order valence-electron chi connectivity index (χ3n) is 4.18. The van der Waals surface area contributed by atoms with Crippen LogP contribution in [0.1, 0.15) is 36.8 Å². The Kier molecular flexibility index (Phi) is 2.71. The summed E-state index contributed by atoms with van der Waals surface area (Å²) in [6.45, 7) is 3.13. The van der Waals surface area contributed by atoms with Gasteiger partial charge in [-0.25, -0.2) is 0 Å². The average Bonchev–Trinajstić information content (AvgIpc) is 2.65. The summed E-state index contributed by atoms with van der Waals surface area (Å²) in [5.74, 6) is 0.109. The number of amides is 1. The number of hydrogen-bond donors (Lipinski definition) is 2. The molecule has 0 saturated carbocycles. The maximum absolute atomic E-state index is 11.2. The zero-order chi connectivity index (χ0) is 12.7. The average molecular weight is 242 g/mol. The summed E-state index contributed by atoms with van der Waals surface area (Å²) in [6.07, 6.45) is 1.48. The van der Waals surface area contributed by atoms with E-state index >= 15 is 0 Å². The van der Waals surface area contributed by atoms with Gasteiger partial charge in [0.1, 0.15) is 0 Å². The Hall–Kier alpha value is -1.61. The summed E-state index contributed by atoms with van der Waals surface area (Å²) in [7, 11) is 0. The minimum atomic E-state index is -0.226. The molecule has 3 N–H and O–H groups in total. The molecular formula is C15H18N2O. The Balaban J connectivity index is 2.04. The lowest BCUT2D eigenvalue weighted by Gasteiger charge is -2.32. The van der Waals surface area contributed by atoms with Crippen LogP contribution in [-0.4, -0.2) is 18.5 Å². The van der Waals surface area contributed by atoms with Crippen molar-refractivity contribution in [1.82, 2.24) is 5.32 Å². The summed E-state index contributed by atoms with van der Waals surface area (Å²) >= 11 is 0. The van der Waals surface area contributed by atoms with E-state index in [-0.39, 0.29) is 11.9 Å². The number of carbonyl (C=O) groups excluding carboxylic acids is 1. The molecule has 0 radical (unpaired) electrons. The van der Waals surface area contributed by atoms with Crippen molar-refractivity contribution < 1.29 is 4.79 Å². The number of benzene rings is 1. The highest BCUT2D eigenvalue weighted by Crippen LogP contribution is 2.46. The predicted octanol–water partition coefficient (Wildman–Crippen LogP) is 1.79. The lowest BCUT2D eigenvalue weighted by molar-refractivity contribution is -0.118. The molecule has 0 spiro atoms. The van der Waals surface area contributed by atoms with Crippen molar-refractivity contribution in [2.24, 2.45) is 5.73 Å². The lowest BCUT2D eigenvalue weighted by Crippen LogP contribution is -2.42. The second-order valence-electron chi connectivity index (χ2n) is 5.20. The van der Waals surface area contributed by atoms with Gasteiger partial charge in [0, 0.05) is 18.4 Å². The smallest absolute Gasteiger partial charge is 0.219 e. The Labute approximate surface area is 107 Å². The molecular weight excluding hydrogens is 224 g/mol. The van der Waals surface area contributed by atoms with Gasteiger partial charge >= 0.3 is 0 Å². The van der Waals surface area contributed by atoms with Gasteiger partial charge in [-0.3, -0.25) is 4.79 Å². The van der Waals surface area contributed by atoms with E-state index in [4.69, 9.17) is 5.73 Å². The van der Waals surface area contributed by atoms with Gasteiger partial charge in [0.25, 0.3) is 0 Å². The van der Waals surface area contributed by atoms with E-state index in [1.807, 2.05) is 0 Å². The van der Waals surface area contributed by atoms with Gasteiger partial charge in [0.05, 0.1) is 0 Å². The van der Waals surface area contributed by atoms with Crippen LogP contribution in [0.4, 0.5) is 0 Å². The Bertz CT molecular complexity index is 533. The van der Waals surface area contributed by atoms with E-state index in [2.05, 4.69) is 36.5 Å². The molecule has 18 heavy (non-hydrogen) atoms. The molecule has 0 bridgehead atoms. The van der Waals surface area contributed by atoms with Crippen LogP contribution in [-0.2, 0) is 4.79 Å². The molecule has 3 rings (SSSR count). The molecule has 1 aromatic rings. The van der Waals surface area contributed by atoms with Crippen LogP contribution in [0.2, 0.25) is 0 Å². The summed E-state index contributed by atoms with van der Waals surface area (Å²) in [5, 5.41) is 3.45. The monoisotopic (exact) mass is 242 g/mol. The fraction of sp³-hybridized carbons (Fsp3) is 0.400. The number of nitrogens with two attached hydrogens (primary N) is 1. The van der Waals surface area contributed by atoms with Crippen LogP contribution in [0.15, 0.2) is 29.8 Å². The molecule has 94 valence electrons. The zero-order valence-electron chi connectivity index (χ0n) is 10.6. The van der Waals surface area contributed by atoms with Crippen molar-refractivity contribution in [2.75, 3.05) is 6.54 Å². The molecule has 1 heterocycles. The normalized spacial score (nSPS) is 25.8. The maximum atomic E-state index is 11.2.